The first-order valence-corrected chi connectivity index (χ1v) is 10.5. The molecule has 146 valence electrons. The summed E-state index contributed by atoms with van der Waals surface area (Å²) in [6.45, 7) is 18.3. The predicted molar refractivity (Wildman–Crippen MR) is 109 cm³/mol. The van der Waals surface area contributed by atoms with Gasteiger partial charge in [-0.2, -0.15) is 0 Å². The summed E-state index contributed by atoms with van der Waals surface area (Å²) in [4.78, 5) is 0. The molecule has 0 aliphatic rings. The number of hydrogen-bond donors (Lipinski definition) is 4. The molecule has 0 rings (SSSR count). The molecule has 0 aromatic carbocycles. The molecule has 24 heavy (non-hydrogen) atoms. The van der Waals surface area contributed by atoms with Gasteiger partial charge in [-0.1, -0.05) is 40.5 Å². The smallest absolute Gasteiger partial charge is 0.00232 e. The molecule has 0 unspecified atom stereocenters. The summed E-state index contributed by atoms with van der Waals surface area (Å²) < 4.78 is 0. The number of hydrogen-bond acceptors (Lipinski definition) is 4. The van der Waals surface area contributed by atoms with Crippen LogP contribution in [-0.4, -0.2) is 52.4 Å². The van der Waals surface area contributed by atoms with Crippen LogP contribution in [0, 0.1) is 11.8 Å². The Bertz CT molecular complexity index is 212. The maximum atomic E-state index is 3.54. The van der Waals surface area contributed by atoms with E-state index in [1.807, 2.05) is 0 Å². The van der Waals surface area contributed by atoms with E-state index in [1.54, 1.807) is 0 Å². The minimum absolute atomic E-state index is 0.807. The van der Waals surface area contributed by atoms with Gasteiger partial charge >= 0.3 is 0 Å². The Morgan fingerprint density at radius 2 is 0.833 bits per heavy atom. The molecule has 0 spiro atoms. The Kier molecular flexibility index (Phi) is 19.0. The first-order chi connectivity index (χ1) is 11.7. The molecular weight excluding hydrogens is 296 g/mol. The molecule has 0 saturated heterocycles. The van der Waals surface area contributed by atoms with Crippen molar-refractivity contribution in [3.63, 3.8) is 0 Å². The highest BCUT2D eigenvalue weighted by Gasteiger charge is 1.97. The molecule has 0 aromatic heterocycles. The van der Waals surface area contributed by atoms with E-state index in [-0.39, 0.29) is 0 Å². The largest absolute Gasteiger partial charge is 0.317 e. The highest BCUT2D eigenvalue weighted by atomic mass is 14.9. The normalized spacial score (nSPS) is 14.0. The SMILES string of the molecule is CC[C@@H](C)CNCCCNCCCCNCCCNC[C@H](C)CC. The van der Waals surface area contributed by atoms with Crippen LogP contribution >= 0.6 is 0 Å². The van der Waals surface area contributed by atoms with Crippen LogP contribution in [0.5, 0.6) is 0 Å². The summed E-state index contributed by atoms with van der Waals surface area (Å²) in [6, 6.07) is 0. The fourth-order valence-electron chi connectivity index (χ4n) is 2.41. The lowest BCUT2D eigenvalue weighted by Crippen LogP contribution is -2.27. The molecule has 0 aromatic rings. The second-order valence-electron chi connectivity index (χ2n) is 7.35. The summed E-state index contributed by atoms with van der Waals surface area (Å²) in [5.41, 5.74) is 0. The molecule has 0 amide bonds. The van der Waals surface area contributed by atoms with Gasteiger partial charge in [-0.05, 0) is 89.9 Å². The standard InChI is InChI=1S/C20H46N4/c1-5-19(3)17-23-15-9-13-21-11-7-8-12-22-14-10-16-24-18-20(4)6-2/h19-24H,5-18H2,1-4H3/t19-,20-/m1/s1. The van der Waals surface area contributed by atoms with Crippen molar-refractivity contribution in [1.29, 1.82) is 0 Å². The van der Waals surface area contributed by atoms with Crippen LogP contribution in [0.1, 0.15) is 66.2 Å². The van der Waals surface area contributed by atoms with Crippen molar-refractivity contribution in [3.8, 4) is 0 Å². The molecule has 0 aliphatic heterocycles. The van der Waals surface area contributed by atoms with E-state index in [2.05, 4.69) is 49.0 Å². The third-order valence-corrected chi connectivity index (χ3v) is 4.75. The molecule has 0 saturated carbocycles. The Balaban J connectivity index is 3.03. The van der Waals surface area contributed by atoms with Crippen molar-refractivity contribution in [1.82, 2.24) is 21.3 Å². The van der Waals surface area contributed by atoms with E-state index < -0.39 is 0 Å². The van der Waals surface area contributed by atoms with Crippen LogP contribution in [0.25, 0.3) is 0 Å². The van der Waals surface area contributed by atoms with E-state index >= 15 is 0 Å². The van der Waals surface area contributed by atoms with Crippen LogP contribution < -0.4 is 21.3 Å². The monoisotopic (exact) mass is 342 g/mol. The van der Waals surface area contributed by atoms with Crippen molar-refractivity contribution >= 4 is 0 Å². The third kappa shape index (κ3) is 18.2. The molecule has 0 heterocycles. The molecule has 0 bridgehead atoms. The zero-order valence-electron chi connectivity index (χ0n) is 17.1. The summed E-state index contributed by atoms with van der Waals surface area (Å²) in [7, 11) is 0. The predicted octanol–water partition coefficient (Wildman–Crippen LogP) is 3.00. The van der Waals surface area contributed by atoms with Crippen LogP contribution in [0.2, 0.25) is 0 Å². The van der Waals surface area contributed by atoms with Gasteiger partial charge in [0.15, 0.2) is 0 Å². The quantitative estimate of drug-likeness (QED) is 0.273. The van der Waals surface area contributed by atoms with Crippen molar-refractivity contribution < 1.29 is 0 Å². The minimum Gasteiger partial charge on any atom is -0.317 e. The Labute approximate surface area is 152 Å². The van der Waals surface area contributed by atoms with Gasteiger partial charge in [-0.3, -0.25) is 0 Å². The third-order valence-electron chi connectivity index (χ3n) is 4.75. The van der Waals surface area contributed by atoms with Gasteiger partial charge in [0.25, 0.3) is 0 Å². The number of rotatable bonds is 19. The zero-order chi connectivity index (χ0) is 17.9. The van der Waals surface area contributed by atoms with E-state index in [0.29, 0.717) is 0 Å². The van der Waals surface area contributed by atoms with Crippen molar-refractivity contribution in [2.24, 2.45) is 11.8 Å². The maximum absolute atomic E-state index is 3.54. The van der Waals surface area contributed by atoms with Gasteiger partial charge in [0.2, 0.25) is 0 Å². The lowest BCUT2D eigenvalue weighted by atomic mass is 10.1. The summed E-state index contributed by atoms with van der Waals surface area (Å²) in [5.74, 6) is 1.61. The summed E-state index contributed by atoms with van der Waals surface area (Å²) in [5, 5.41) is 14.1. The van der Waals surface area contributed by atoms with E-state index in [4.69, 9.17) is 0 Å². The van der Waals surface area contributed by atoms with Crippen LogP contribution in [0.3, 0.4) is 0 Å². The fourth-order valence-corrected chi connectivity index (χ4v) is 2.41. The molecule has 4 nitrogen and oxygen atoms in total. The van der Waals surface area contributed by atoms with Gasteiger partial charge in [-0.25, -0.2) is 0 Å². The van der Waals surface area contributed by atoms with Gasteiger partial charge < -0.3 is 21.3 Å². The van der Waals surface area contributed by atoms with E-state index in [1.165, 1.54) is 38.5 Å². The molecule has 0 aliphatic carbocycles. The lowest BCUT2D eigenvalue weighted by Gasteiger charge is -2.11. The average Bonchev–Trinajstić information content (AvgIpc) is 2.60. The van der Waals surface area contributed by atoms with Crippen LogP contribution in [-0.2, 0) is 0 Å². The molecule has 4 N–H and O–H groups in total. The summed E-state index contributed by atoms with van der Waals surface area (Å²) in [6.07, 6.45) is 7.57. The first-order valence-electron chi connectivity index (χ1n) is 10.5. The Hall–Kier alpha value is -0.160. The highest BCUT2D eigenvalue weighted by Crippen LogP contribution is 1.97. The maximum Gasteiger partial charge on any atom is -0.00232 e. The lowest BCUT2D eigenvalue weighted by molar-refractivity contribution is 0.484. The fraction of sp³-hybridized carbons (Fsp3) is 1.00. The first kappa shape index (κ1) is 23.8. The summed E-state index contributed by atoms with van der Waals surface area (Å²) >= 11 is 0. The van der Waals surface area contributed by atoms with Crippen LogP contribution in [0.15, 0.2) is 0 Å². The molecule has 2 atom stereocenters. The van der Waals surface area contributed by atoms with Crippen molar-refractivity contribution in [2.45, 2.75) is 66.2 Å². The number of unbranched alkanes of at least 4 members (excludes halogenated alkanes) is 1. The van der Waals surface area contributed by atoms with E-state index in [0.717, 1.165) is 64.2 Å². The van der Waals surface area contributed by atoms with E-state index in [9.17, 15) is 0 Å². The second-order valence-corrected chi connectivity index (χ2v) is 7.35. The molecule has 0 radical (unpaired) electrons. The molecule has 0 fully saturated rings. The van der Waals surface area contributed by atoms with Crippen molar-refractivity contribution in [2.75, 3.05) is 52.4 Å². The van der Waals surface area contributed by atoms with Gasteiger partial charge in [0.05, 0.1) is 0 Å². The van der Waals surface area contributed by atoms with Crippen LogP contribution in [0.4, 0.5) is 0 Å². The Morgan fingerprint density at radius 3 is 1.21 bits per heavy atom. The second kappa shape index (κ2) is 19.2. The van der Waals surface area contributed by atoms with Crippen molar-refractivity contribution in [3.05, 3.63) is 0 Å². The van der Waals surface area contributed by atoms with Gasteiger partial charge in [-0.15, -0.1) is 0 Å². The molecular formula is C20H46N4. The number of nitrogens with one attached hydrogen (secondary N) is 4. The highest BCUT2D eigenvalue weighted by molar-refractivity contribution is 4.58. The average molecular weight is 343 g/mol. The van der Waals surface area contributed by atoms with Gasteiger partial charge in [0, 0.05) is 0 Å². The van der Waals surface area contributed by atoms with Gasteiger partial charge in [0.1, 0.15) is 0 Å². The topological polar surface area (TPSA) is 48.1 Å². The molecule has 4 heteroatoms. The minimum atomic E-state index is 0.807. The zero-order valence-corrected chi connectivity index (χ0v) is 17.1. The Morgan fingerprint density at radius 1 is 0.500 bits per heavy atom.